The second kappa shape index (κ2) is 6.95. The predicted molar refractivity (Wildman–Crippen MR) is 105 cm³/mol. The van der Waals surface area contributed by atoms with E-state index in [1.165, 1.54) is 18.6 Å². The number of aromatic nitrogens is 7. The van der Waals surface area contributed by atoms with Crippen molar-refractivity contribution in [3.8, 4) is 5.69 Å². The summed E-state index contributed by atoms with van der Waals surface area (Å²) < 4.78 is 41.0. The molecule has 0 atom stereocenters. The number of aryl methyl sites for hydroxylation is 1. The van der Waals surface area contributed by atoms with Gasteiger partial charge in [-0.1, -0.05) is 0 Å². The fourth-order valence-electron chi connectivity index (χ4n) is 3.01. The highest BCUT2D eigenvalue weighted by atomic mass is 32.1. The normalized spacial score (nSPS) is 11.7. The lowest BCUT2D eigenvalue weighted by atomic mass is 10.2. The van der Waals surface area contributed by atoms with E-state index >= 15 is 0 Å². The van der Waals surface area contributed by atoms with E-state index in [-0.39, 0.29) is 22.9 Å². The number of alkyl halides is 2. The number of oxazole rings is 1. The van der Waals surface area contributed by atoms with Crippen LogP contribution in [0.4, 0.5) is 20.4 Å². The van der Waals surface area contributed by atoms with E-state index in [9.17, 15) is 13.6 Å². The highest BCUT2D eigenvalue weighted by Crippen LogP contribution is 2.25. The van der Waals surface area contributed by atoms with E-state index in [1.807, 2.05) is 19.1 Å². The van der Waals surface area contributed by atoms with Crippen LogP contribution >= 0.6 is 11.7 Å². The minimum Gasteiger partial charge on any atom is -0.404 e. The monoisotopic (exact) mass is 430 g/mol. The Morgan fingerprint density at radius 2 is 2.03 bits per heavy atom. The van der Waals surface area contributed by atoms with Crippen molar-refractivity contribution in [2.75, 3.05) is 5.32 Å². The van der Waals surface area contributed by atoms with Crippen molar-refractivity contribution < 1.29 is 13.2 Å². The molecule has 4 aromatic heterocycles. The van der Waals surface area contributed by atoms with Gasteiger partial charge in [0, 0.05) is 11.9 Å². The molecule has 10 nitrogen and oxygen atoms in total. The smallest absolute Gasteiger partial charge is 0.404 e. The fourth-order valence-corrected chi connectivity index (χ4v) is 3.52. The third-order valence-corrected chi connectivity index (χ3v) is 4.93. The van der Waals surface area contributed by atoms with Gasteiger partial charge in [-0.05, 0) is 24.6 Å². The van der Waals surface area contributed by atoms with E-state index in [0.29, 0.717) is 0 Å². The van der Waals surface area contributed by atoms with E-state index in [1.54, 1.807) is 0 Å². The fraction of sp³-hybridized carbons (Fsp3) is 0.176. The lowest BCUT2D eigenvalue weighted by Crippen LogP contribution is -2.12. The van der Waals surface area contributed by atoms with Crippen LogP contribution in [0, 0.1) is 6.92 Å². The molecule has 152 valence electrons. The lowest BCUT2D eigenvalue weighted by Gasteiger charge is -2.08. The largest absolute Gasteiger partial charge is 0.426 e. The zero-order valence-electron chi connectivity index (χ0n) is 15.3. The van der Waals surface area contributed by atoms with Gasteiger partial charge in [-0.3, -0.25) is 4.68 Å². The van der Waals surface area contributed by atoms with Gasteiger partial charge < -0.3 is 9.73 Å². The first-order chi connectivity index (χ1) is 14.5. The SMILES string of the molecule is Cc1cc2nsnc2cc1Nc1ncc2oc(=O)n(-c3cnn(CC(F)F)c3)c2n1. The van der Waals surface area contributed by atoms with Crippen molar-refractivity contribution in [2.45, 2.75) is 19.9 Å². The average molecular weight is 430 g/mol. The van der Waals surface area contributed by atoms with Crippen LogP contribution in [0.25, 0.3) is 28.0 Å². The zero-order chi connectivity index (χ0) is 20.8. The number of anilines is 2. The van der Waals surface area contributed by atoms with Crippen LogP contribution in [-0.4, -0.2) is 39.5 Å². The molecule has 5 rings (SSSR count). The van der Waals surface area contributed by atoms with Crippen LogP contribution in [0.2, 0.25) is 0 Å². The van der Waals surface area contributed by atoms with Crippen molar-refractivity contribution >= 4 is 45.6 Å². The summed E-state index contributed by atoms with van der Waals surface area (Å²) in [4.78, 5) is 20.9. The summed E-state index contributed by atoms with van der Waals surface area (Å²) in [5.74, 6) is -0.498. The summed E-state index contributed by atoms with van der Waals surface area (Å²) >= 11 is 1.12. The number of nitrogens with zero attached hydrogens (tertiary/aromatic N) is 7. The second-order valence-electron chi connectivity index (χ2n) is 6.44. The van der Waals surface area contributed by atoms with E-state index in [4.69, 9.17) is 4.42 Å². The first-order valence-electron chi connectivity index (χ1n) is 8.67. The van der Waals surface area contributed by atoms with Gasteiger partial charge in [0.15, 0.2) is 11.2 Å². The average Bonchev–Trinajstić information content (AvgIpc) is 3.39. The summed E-state index contributed by atoms with van der Waals surface area (Å²) in [5.41, 5.74) is 3.78. The Balaban J connectivity index is 1.55. The molecule has 0 amide bonds. The Morgan fingerprint density at radius 1 is 1.23 bits per heavy atom. The molecular weight excluding hydrogens is 418 g/mol. The van der Waals surface area contributed by atoms with Crippen molar-refractivity contribution in [2.24, 2.45) is 0 Å². The first kappa shape index (κ1) is 18.3. The third kappa shape index (κ3) is 3.18. The van der Waals surface area contributed by atoms with Gasteiger partial charge in [0.1, 0.15) is 17.6 Å². The maximum atomic E-state index is 12.6. The predicted octanol–water partition coefficient (Wildman–Crippen LogP) is 2.89. The maximum absolute atomic E-state index is 12.6. The highest BCUT2D eigenvalue weighted by Gasteiger charge is 2.17. The molecule has 0 spiro atoms. The molecule has 0 bridgehead atoms. The second-order valence-corrected chi connectivity index (χ2v) is 6.97. The topological polar surface area (TPSA) is 117 Å². The van der Waals surface area contributed by atoms with Crippen LogP contribution in [0.5, 0.6) is 0 Å². The molecule has 5 aromatic rings. The van der Waals surface area contributed by atoms with Gasteiger partial charge in [-0.15, -0.1) is 0 Å². The Kier molecular flexibility index (Phi) is 4.24. The van der Waals surface area contributed by atoms with E-state index in [0.717, 1.165) is 43.3 Å². The van der Waals surface area contributed by atoms with E-state index < -0.39 is 18.7 Å². The quantitative estimate of drug-likeness (QED) is 0.452. The number of rotatable bonds is 5. The highest BCUT2D eigenvalue weighted by molar-refractivity contribution is 7.00. The summed E-state index contributed by atoms with van der Waals surface area (Å²) in [6.07, 6.45) is 1.42. The summed E-state index contributed by atoms with van der Waals surface area (Å²) in [6.45, 7) is 1.32. The molecule has 0 saturated carbocycles. The third-order valence-electron chi connectivity index (χ3n) is 4.38. The van der Waals surface area contributed by atoms with Crippen LogP contribution in [-0.2, 0) is 6.54 Å². The van der Waals surface area contributed by atoms with Gasteiger partial charge >= 0.3 is 5.76 Å². The molecule has 0 aliphatic rings. The molecule has 0 saturated heterocycles. The standard InChI is InChI=1S/C17H12F2N8O2S/c1-8-2-11-12(25-30-24-11)3-10(8)22-16-20-5-13-15(23-16)27(17(28)29-13)9-4-21-26(6-9)7-14(18)19/h2-6,14H,7H2,1H3,(H,20,22,23). The number of halogens is 2. The number of nitrogens with one attached hydrogen (secondary N) is 1. The summed E-state index contributed by atoms with van der Waals surface area (Å²) in [6, 6.07) is 3.73. The molecule has 30 heavy (non-hydrogen) atoms. The molecule has 0 fully saturated rings. The number of fused-ring (bicyclic) bond motifs is 2. The van der Waals surface area contributed by atoms with Crippen LogP contribution in [0.3, 0.4) is 0 Å². The van der Waals surface area contributed by atoms with Crippen molar-refractivity contribution in [1.82, 2.24) is 33.1 Å². The van der Waals surface area contributed by atoms with Crippen LogP contribution < -0.4 is 11.1 Å². The van der Waals surface area contributed by atoms with Crippen LogP contribution in [0.1, 0.15) is 5.56 Å². The van der Waals surface area contributed by atoms with Gasteiger partial charge in [0.2, 0.25) is 5.95 Å². The molecule has 0 unspecified atom stereocenters. The van der Waals surface area contributed by atoms with Gasteiger partial charge in [0.25, 0.3) is 6.43 Å². The van der Waals surface area contributed by atoms with Crippen molar-refractivity contribution in [3.63, 3.8) is 0 Å². The Bertz CT molecular complexity index is 1440. The number of hydrogen-bond acceptors (Lipinski definition) is 9. The van der Waals surface area contributed by atoms with Gasteiger partial charge in [-0.2, -0.15) is 18.8 Å². The molecule has 1 N–H and O–H groups in total. The van der Waals surface area contributed by atoms with Gasteiger partial charge in [0.05, 0.1) is 29.8 Å². The molecule has 4 heterocycles. The van der Waals surface area contributed by atoms with Crippen LogP contribution in [0.15, 0.2) is 39.9 Å². The number of benzene rings is 1. The maximum Gasteiger partial charge on any atom is 0.426 e. The lowest BCUT2D eigenvalue weighted by molar-refractivity contribution is 0.122. The zero-order valence-corrected chi connectivity index (χ0v) is 16.1. The summed E-state index contributed by atoms with van der Waals surface area (Å²) in [7, 11) is 0. The number of hydrogen-bond donors (Lipinski definition) is 1. The Labute approximate surface area is 170 Å². The van der Waals surface area contributed by atoms with E-state index in [2.05, 4.69) is 29.1 Å². The van der Waals surface area contributed by atoms with Crippen molar-refractivity contribution in [1.29, 1.82) is 0 Å². The molecular formula is C17H12F2N8O2S. The molecule has 0 radical (unpaired) electrons. The molecule has 0 aliphatic carbocycles. The summed E-state index contributed by atoms with van der Waals surface area (Å²) in [5, 5.41) is 6.95. The Morgan fingerprint density at radius 3 is 2.83 bits per heavy atom. The first-order valence-corrected chi connectivity index (χ1v) is 9.40. The molecule has 1 aromatic carbocycles. The Hall–Kier alpha value is -3.74. The minimum absolute atomic E-state index is 0.156. The molecule has 13 heteroatoms. The minimum atomic E-state index is -2.57. The van der Waals surface area contributed by atoms with Crippen molar-refractivity contribution in [3.05, 3.63) is 46.8 Å². The van der Waals surface area contributed by atoms with Gasteiger partial charge in [-0.25, -0.2) is 23.1 Å². The molecule has 0 aliphatic heterocycles.